The lowest BCUT2D eigenvalue weighted by molar-refractivity contribution is 0.190. The van der Waals surface area contributed by atoms with E-state index in [9.17, 15) is 4.79 Å². The summed E-state index contributed by atoms with van der Waals surface area (Å²) in [6.07, 6.45) is 10.9. The molecule has 0 atom stereocenters. The molecule has 5 rings (SSSR count). The van der Waals surface area contributed by atoms with E-state index in [4.69, 9.17) is 9.72 Å². The molecule has 154 valence electrons. The Morgan fingerprint density at radius 3 is 2.80 bits per heavy atom. The number of nitrogens with one attached hydrogen (secondary N) is 1. The normalized spacial score (nSPS) is 17.1. The summed E-state index contributed by atoms with van der Waals surface area (Å²) in [4.78, 5) is 31.2. The van der Waals surface area contributed by atoms with Crippen LogP contribution < -0.4 is 10.3 Å². The van der Waals surface area contributed by atoms with Gasteiger partial charge in [0, 0.05) is 55.8 Å². The van der Waals surface area contributed by atoms with Crippen LogP contribution in [0.15, 0.2) is 47.7 Å². The average molecular weight is 403 g/mol. The number of hydrogen-bond acceptors (Lipinski definition) is 6. The zero-order valence-electron chi connectivity index (χ0n) is 16.9. The van der Waals surface area contributed by atoms with Crippen molar-refractivity contribution in [1.29, 1.82) is 0 Å². The summed E-state index contributed by atoms with van der Waals surface area (Å²) in [6.45, 7) is 2.13. The molecule has 0 amide bonds. The molecule has 1 aliphatic carbocycles. The van der Waals surface area contributed by atoms with Gasteiger partial charge in [-0.3, -0.25) is 14.7 Å². The number of aromatic nitrogens is 4. The maximum atomic E-state index is 12.8. The van der Waals surface area contributed by atoms with Gasteiger partial charge in [0.1, 0.15) is 11.9 Å². The molecule has 30 heavy (non-hydrogen) atoms. The van der Waals surface area contributed by atoms with Gasteiger partial charge in [-0.2, -0.15) is 0 Å². The summed E-state index contributed by atoms with van der Waals surface area (Å²) in [6, 6.07) is 7.73. The first kappa shape index (κ1) is 18.9. The topological polar surface area (TPSA) is 84.0 Å². The predicted molar refractivity (Wildman–Crippen MR) is 113 cm³/mol. The fourth-order valence-corrected chi connectivity index (χ4v) is 4.32. The molecular formula is C23H25N5O2. The lowest BCUT2D eigenvalue weighted by Crippen LogP contribution is -2.35. The van der Waals surface area contributed by atoms with Crippen molar-refractivity contribution in [3.05, 3.63) is 70.0 Å². The minimum absolute atomic E-state index is 0.0647. The molecular weight excluding hydrogens is 378 g/mol. The van der Waals surface area contributed by atoms with Crippen molar-refractivity contribution in [3.8, 4) is 17.3 Å². The van der Waals surface area contributed by atoms with Crippen molar-refractivity contribution in [2.45, 2.75) is 51.3 Å². The Hall–Kier alpha value is -3.06. The van der Waals surface area contributed by atoms with Crippen LogP contribution in [0.25, 0.3) is 11.4 Å². The van der Waals surface area contributed by atoms with Crippen LogP contribution in [0.5, 0.6) is 5.88 Å². The Labute approximate surface area is 175 Å². The summed E-state index contributed by atoms with van der Waals surface area (Å²) in [7, 11) is 0. The molecule has 7 heteroatoms. The molecule has 1 aliphatic heterocycles. The van der Waals surface area contributed by atoms with E-state index in [0.717, 1.165) is 54.1 Å². The highest BCUT2D eigenvalue weighted by molar-refractivity contribution is 5.54. The Balaban J connectivity index is 1.34. The molecule has 2 aliphatic rings. The highest BCUT2D eigenvalue weighted by atomic mass is 16.5. The molecule has 1 fully saturated rings. The molecule has 3 aromatic rings. The number of nitrogens with zero attached hydrogens (tertiary/aromatic N) is 4. The minimum atomic E-state index is -0.0647. The second-order valence-corrected chi connectivity index (χ2v) is 8.03. The third kappa shape index (κ3) is 3.98. The molecule has 0 unspecified atom stereocenters. The molecule has 7 nitrogen and oxygen atoms in total. The summed E-state index contributed by atoms with van der Waals surface area (Å²) < 4.78 is 6.18. The van der Waals surface area contributed by atoms with Crippen molar-refractivity contribution >= 4 is 0 Å². The Kier molecular flexibility index (Phi) is 5.27. The lowest BCUT2D eigenvalue weighted by Gasteiger charge is -2.28. The second kappa shape index (κ2) is 8.36. The fraction of sp³-hybridized carbons (Fsp3) is 0.391. The van der Waals surface area contributed by atoms with E-state index in [2.05, 4.69) is 25.9 Å². The molecule has 1 N–H and O–H groups in total. The molecule has 0 saturated heterocycles. The van der Waals surface area contributed by atoms with Crippen LogP contribution in [0.1, 0.15) is 42.5 Å². The van der Waals surface area contributed by atoms with Crippen molar-refractivity contribution < 1.29 is 4.74 Å². The standard InChI is InChI=1S/C23H25N5O2/c29-22-19-15-28(13-9-20(19)26-21(27-22)16-7-11-24-12-8-16)14-17-4-3-10-25-23(17)30-18-5-1-2-6-18/h3-4,7-8,10-12,18H,1-2,5-6,9,13-15H2,(H,26,27,29). The van der Waals surface area contributed by atoms with Gasteiger partial charge >= 0.3 is 0 Å². The predicted octanol–water partition coefficient (Wildman–Crippen LogP) is 3.11. The van der Waals surface area contributed by atoms with Gasteiger partial charge in [-0.25, -0.2) is 9.97 Å². The number of H-pyrrole nitrogens is 1. The monoisotopic (exact) mass is 403 g/mol. The average Bonchev–Trinajstić information content (AvgIpc) is 3.29. The van der Waals surface area contributed by atoms with Crippen molar-refractivity contribution in [1.82, 2.24) is 24.8 Å². The molecule has 0 aromatic carbocycles. The maximum absolute atomic E-state index is 12.8. The van der Waals surface area contributed by atoms with Gasteiger partial charge in [-0.15, -0.1) is 0 Å². The number of aromatic amines is 1. The van der Waals surface area contributed by atoms with E-state index in [0.29, 0.717) is 18.9 Å². The Morgan fingerprint density at radius 2 is 1.97 bits per heavy atom. The van der Waals surface area contributed by atoms with E-state index in [-0.39, 0.29) is 11.7 Å². The number of fused-ring (bicyclic) bond motifs is 1. The van der Waals surface area contributed by atoms with Gasteiger partial charge in [0.25, 0.3) is 5.56 Å². The van der Waals surface area contributed by atoms with Gasteiger partial charge < -0.3 is 9.72 Å². The molecule has 0 radical (unpaired) electrons. The highest BCUT2D eigenvalue weighted by Gasteiger charge is 2.24. The quantitative estimate of drug-likeness (QED) is 0.705. The van der Waals surface area contributed by atoms with E-state index in [1.807, 2.05) is 18.2 Å². The number of pyridine rings is 2. The summed E-state index contributed by atoms with van der Waals surface area (Å²) in [5.74, 6) is 1.34. The van der Waals surface area contributed by atoms with Crippen LogP contribution in [0.3, 0.4) is 0 Å². The van der Waals surface area contributed by atoms with E-state index >= 15 is 0 Å². The van der Waals surface area contributed by atoms with Gasteiger partial charge in [-0.05, 0) is 43.9 Å². The summed E-state index contributed by atoms with van der Waals surface area (Å²) in [5.41, 5.74) is 3.52. The van der Waals surface area contributed by atoms with Crippen LogP contribution in [0.2, 0.25) is 0 Å². The van der Waals surface area contributed by atoms with Gasteiger partial charge in [0.05, 0.1) is 11.3 Å². The largest absolute Gasteiger partial charge is 0.474 e. The third-order valence-electron chi connectivity index (χ3n) is 5.93. The number of rotatable bonds is 5. The van der Waals surface area contributed by atoms with Crippen LogP contribution in [-0.2, 0) is 19.5 Å². The first-order valence-electron chi connectivity index (χ1n) is 10.6. The fourth-order valence-electron chi connectivity index (χ4n) is 4.32. The van der Waals surface area contributed by atoms with E-state index < -0.39 is 0 Å². The van der Waals surface area contributed by atoms with Crippen molar-refractivity contribution in [2.75, 3.05) is 6.54 Å². The summed E-state index contributed by atoms with van der Waals surface area (Å²) in [5, 5.41) is 0. The van der Waals surface area contributed by atoms with Crippen molar-refractivity contribution in [3.63, 3.8) is 0 Å². The van der Waals surface area contributed by atoms with Crippen molar-refractivity contribution in [2.24, 2.45) is 0 Å². The number of hydrogen-bond donors (Lipinski definition) is 1. The zero-order valence-corrected chi connectivity index (χ0v) is 16.9. The van der Waals surface area contributed by atoms with Crippen LogP contribution in [-0.4, -0.2) is 37.5 Å². The minimum Gasteiger partial charge on any atom is -0.474 e. The molecule has 1 saturated carbocycles. The van der Waals surface area contributed by atoms with Crippen LogP contribution in [0.4, 0.5) is 0 Å². The second-order valence-electron chi connectivity index (χ2n) is 8.03. The van der Waals surface area contributed by atoms with Gasteiger partial charge in [0.15, 0.2) is 0 Å². The molecule has 0 spiro atoms. The lowest BCUT2D eigenvalue weighted by atomic mass is 10.1. The van der Waals surface area contributed by atoms with Crippen LogP contribution in [0, 0.1) is 0 Å². The van der Waals surface area contributed by atoms with Crippen LogP contribution >= 0.6 is 0 Å². The highest BCUT2D eigenvalue weighted by Crippen LogP contribution is 2.27. The van der Waals surface area contributed by atoms with E-state index in [1.165, 1.54) is 12.8 Å². The zero-order chi connectivity index (χ0) is 20.3. The third-order valence-corrected chi connectivity index (χ3v) is 5.93. The SMILES string of the molecule is O=c1[nH]c(-c2ccncc2)nc2c1CN(Cc1cccnc1OC1CCCC1)CC2. The Morgan fingerprint density at radius 1 is 1.13 bits per heavy atom. The molecule has 4 heterocycles. The smallest absolute Gasteiger partial charge is 0.255 e. The Bertz CT molecular complexity index is 1080. The van der Waals surface area contributed by atoms with Gasteiger partial charge in [0.2, 0.25) is 5.88 Å². The first-order chi connectivity index (χ1) is 14.8. The number of ether oxygens (including phenoxy) is 1. The summed E-state index contributed by atoms with van der Waals surface area (Å²) >= 11 is 0. The molecule has 0 bridgehead atoms. The van der Waals surface area contributed by atoms with E-state index in [1.54, 1.807) is 18.6 Å². The van der Waals surface area contributed by atoms with Gasteiger partial charge in [-0.1, -0.05) is 6.07 Å². The molecule has 3 aromatic heterocycles. The first-order valence-corrected chi connectivity index (χ1v) is 10.6. The maximum Gasteiger partial charge on any atom is 0.255 e.